The number of ether oxygens (including phenoxy) is 2. The number of carbonyl (C=O) groups excluding carboxylic acids is 1. The summed E-state index contributed by atoms with van der Waals surface area (Å²) in [5, 5.41) is 10.1. The number of anilines is 1. The number of likely N-dealkylation sites (N-methyl/N-ethyl adjacent to an activating group) is 1. The Balaban J connectivity index is 1.68. The van der Waals surface area contributed by atoms with Crippen LogP contribution in [0.25, 0.3) is 0 Å². The molecule has 0 saturated heterocycles. The standard InChI is InChI=1S/C32H45N5O8S2/c1-23-18-37(24(2)21-38)32(39)28-17-26(34-46(40,41)27-12-7-6-8-13-27)14-15-29(28)45-25(3)11-9-10-16-44-30(23)19-36(5)47(42,43)31-20-35(4)22-33-31/h6-8,12-15,17,20,22-25,30,34,38H,9-11,16,18-19,21H2,1-5H3/t23-,24+,25-,30-/m1/s1. The van der Waals surface area contributed by atoms with Crippen LogP contribution >= 0.6 is 0 Å². The molecule has 0 spiro atoms. The molecule has 2 N–H and O–H groups in total. The van der Waals surface area contributed by atoms with E-state index in [1.807, 2.05) is 13.8 Å². The molecule has 0 aliphatic carbocycles. The number of aryl methyl sites for hydroxylation is 1. The summed E-state index contributed by atoms with van der Waals surface area (Å²) in [7, 11) is -4.69. The molecule has 0 fully saturated rings. The number of nitrogens with zero attached hydrogens (tertiary/aromatic N) is 4. The van der Waals surface area contributed by atoms with Gasteiger partial charge < -0.3 is 24.0 Å². The maximum absolute atomic E-state index is 14.3. The van der Waals surface area contributed by atoms with E-state index < -0.39 is 38.1 Å². The second-order valence-corrected chi connectivity index (χ2v) is 15.8. The number of nitrogens with one attached hydrogen (secondary N) is 1. The molecule has 2 aromatic carbocycles. The third-order valence-electron chi connectivity index (χ3n) is 8.15. The summed E-state index contributed by atoms with van der Waals surface area (Å²) in [6.07, 6.45) is 4.10. The van der Waals surface area contributed by atoms with Gasteiger partial charge in [0.15, 0.2) is 5.03 Å². The van der Waals surface area contributed by atoms with Gasteiger partial charge in [-0.15, -0.1) is 0 Å². The SMILES string of the molecule is C[C@@H]1CCCCO[C@H](CN(C)S(=O)(=O)c2cn(C)cn2)[C@H](C)CN([C@@H](C)CO)C(=O)c2cc(NS(=O)(=O)c3ccccc3)ccc2O1. The Kier molecular flexibility index (Phi) is 12.1. The smallest absolute Gasteiger partial charge is 0.261 e. The number of amides is 1. The first kappa shape index (κ1) is 36.3. The van der Waals surface area contributed by atoms with Crippen molar-refractivity contribution in [2.45, 2.75) is 68.2 Å². The highest BCUT2D eigenvalue weighted by atomic mass is 32.2. The Bertz CT molecular complexity index is 1720. The average molecular weight is 692 g/mol. The van der Waals surface area contributed by atoms with Crippen molar-refractivity contribution in [3.63, 3.8) is 0 Å². The fourth-order valence-corrected chi connectivity index (χ4v) is 7.51. The van der Waals surface area contributed by atoms with Gasteiger partial charge in [-0.3, -0.25) is 9.52 Å². The number of imidazole rings is 1. The first-order valence-corrected chi connectivity index (χ1v) is 18.5. The van der Waals surface area contributed by atoms with Gasteiger partial charge in [0.2, 0.25) is 0 Å². The zero-order chi connectivity index (χ0) is 34.4. The maximum atomic E-state index is 14.3. The molecule has 4 rings (SSSR count). The maximum Gasteiger partial charge on any atom is 0.261 e. The predicted octanol–water partition coefficient (Wildman–Crippen LogP) is 3.34. The minimum atomic E-state index is -3.94. The molecule has 47 heavy (non-hydrogen) atoms. The van der Waals surface area contributed by atoms with Gasteiger partial charge in [-0.2, -0.15) is 4.31 Å². The molecule has 2 heterocycles. The predicted molar refractivity (Wildman–Crippen MR) is 177 cm³/mol. The number of aliphatic hydroxyl groups excluding tert-OH is 1. The second-order valence-electron chi connectivity index (χ2n) is 12.1. The second kappa shape index (κ2) is 15.6. The van der Waals surface area contributed by atoms with Crippen molar-refractivity contribution in [1.82, 2.24) is 18.8 Å². The molecule has 4 atom stereocenters. The molecule has 1 aliphatic heterocycles. The van der Waals surface area contributed by atoms with Crippen molar-refractivity contribution in [2.24, 2.45) is 13.0 Å². The summed E-state index contributed by atoms with van der Waals surface area (Å²) in [6.45, 7) is 5.62. The number of benzene rings is 2. The molecule has 1 amide bonds. The number of sulfonamides is 2. The van der Waals surface area contributed by atoms with Crippen LogP contribution in [0.3, 0.4) is 0 Å². The average Bonchev–Trinajstić information content (AvgIpc) is 3.49. The summed E-state index contributed by atoms with van der Waals surface area (Å²) in [4.78, 5) is 19.9. The van der Waals surface area contributed by atoms with E-state index in [0.29, 0.717) is 25.2 Å². The van der Waals surface area contributed by atoms with Crippen LogP contribution in [0.1, 0.15) is 50.4 Å². The summed E-state index contributed by atoms with van der Waals surface area (Å²) < 4.78 is 70.6. The first-order chi connectivity index (χ1) is 22.2. The van der Waals surface area contributed by atoms with E-state index in [0.717, 1.165) is 6.42 Å². The van der Waals surface area contributed by atoms with Crippen LogP contribution < -0.4 is 9.46 Å². The highest BCUT2D eigenvalue weighted by Crippen LogP contribution is 2.30. The number of carbonyl (C=O) groups is 1. The first-order valence-electron chi connectivity index (χ1n) is 15.6. The van der Waals surface area contributed by atoms with Gasteiger partial charge >= 0.3 is 0 Å². The van der Waals surface area contributed by atoms with Crippen molar-refractivity contribution in [1.29, 1.82) is 0 Å². The third-order valence-corrected chi connectivity index (χ3v) is 11.3. The Labute approximate surface area is 277 Å². The van der Waals surface area contributed by atoms with Gasteiger partial charge in [0.1, 0.15) is 5.75 Å². The van der Waals surface area contributed by atoms with E-state index in [1.165, 1.54) is 47.0 Å². The summed E-state index contributed by atoms with van der Waals surface area (Å²) in [6, 6.07) is 11.8. The molecule has 0 saturated carbocycles. The van der Waals surface area contributed by atoms with Gasteiger partial charge in [0.05, 0.1) is 41.6 Å². The van der Waals surface area contributed by atoms with E-state index in [1.54, 1.807) is 48.9 Å². The minimum absolute atomic E-state index is 0.0110. The molecule has 0 bridgehead atoms. The molecular formula is C32H45N5O8S2. The molecule has 0 unspecified atom stereocenters. The van der Waals surface area contributed by atoms with Gasteiger partial charge in [0, 0.05) is 51.6 Å². The highest BCUT2D eigenvalue weighted by Gasteiger charge is 2.33. The van der Waals surface area contributed by atoms with E-state index in [9.17, 15) is 26.7 Å². The lowest BCUT2D eigenvalue weighted by molar-refractivity contribution is -0.00835. The molecule has 15 heteroatoms. The molecular weight excluding hydrogens is 647 g/mol. The zero-order valence-corrected chi connectivity index (χ0v) is 29.1. The molecule has 258 valence electrons. The van der Waals surface area contributed by atoms with Crippen molar-refractivity contribution >= 4 is 31.6 Å². The number of hydrogen-bond donors (Lipinski definition) is 2. The quantitative estimate of drug-likeness (QED) is 0.343. The van der Waals surface area contributed by atoms with Crippen molar-refractivity contribution in [3.8, 4) is 5.75 Å². The number of aromatic nitrogens is 2. The van der Waals surface area contributed by atoms with E-state index in [4.69, 9.17) is 9.47 Å². The topological polar surface area (TPSA) is 160 Å². The fraction of sp³-hybridized carbons (Fsp3) is 0.500. The van der Waals surface area contributed by atoms with Gasteiger partial charge in [0.25, 0.3) is 26.0 Å². The van der Waals surface area contributed by atoms with Crippen LogP contribution in [-0.2, 0) is 31.8 Å². The van der Waals surface area contributed by atoms with Gasteiger partial charge in [-0.25, -0.2) is 21.8 Å². The lowest BCUT2D eigenvalue weighted by atomic mass is 10.0. The largest absolute Gasteiger partial charge is 0.490 e. The van der Waals surface area contributed by atoms with E-state index in [-0.39, 0.29) is 52.9 Å². The summed E-state index contributed by atoms with van der Waals surface area (Å²) in [5.74, 6) is -0.564. The molecule has 0 radical (unpaired) electrons. The number of hydrogen-bond acceptors (Lipinski definition) is 9. The highest BCUT2D eigenvalue weighted by molar-refractivity contribution is 7.92. The fourth-order valence-electron chi connectivity index (χ4n) is 5.30. The van der Waals surface area contributed by atoms with Crippen LogP contribution in [0, 0.1) is 5.92 Å². The van der Waals surface area contributed by atoms with E-state index in [2.05, 4.69) is 9.71 Å². The van der Waals surface area contributed by atoms with Crippen LogP contribution in [0.2, 0.25) is 0 Å². The van der Waals surface area contributed by atoms with Gasteiger partial charge in [-0.1, -0.05) is 25.1 Å². The minimum Gasteiger partial charge on any atom is -0.490 e. The van der Waals surface area contributed by atoms with E-state index >= 15 is 0 Å². The van der Waals surface area contributed by atoms with Crippen LogP contribution in [0.5, 0.6) is 5.75 Å². The third kappa shape index (κ3) is 9.11. The Hall–Kier alpha value is -3.50. The van der Waals surface area contributed by atoms with Crippen LogP contribution in [-0.4, -0.2) is 98.2 Å². The molecule has 1 aliphatic rings. The Morgan fingerprint density at radius 1 is 1.11 bits per heavy atom. The number of fused-ring (bicyclic) bond motifs is 1. The summed E-state index contributed by atoms with van der Waals surface area (Å²) >= 11 is 0. The number of aliphatic hydroxyl groups is 1. The van der Waals surface area contributed by atoms with Crippen molar-refractivity contribution in [3.05, 3.63) is 66.6 Å². The molecule has 1 aromatic heterocycles. The Morgan fingerprint density at radius 2 is 1.83 bits per heavy atom. The monoisotopic (exact) mass is 691 g/mol. The normalized spacial score (nSPS) is 21.0. The summed E-state index contributed by atoms with van der Waals surface area (Å²) in [5.41, 5.74) is 0.299. The van der Waals surface area contributed by atoms with Crippen molar-refractivity contribution in [2.75, 3.05) is 38.1 Å². The van der Waals surface area contributed by atoms with Crippen LogP contribution in [0.4, 0.5) is 5.69 Å². The molecule has 13 nitrogen and oxygen atoms in total. The zero-order valence-electron chi connectivity index (χ0n) is 27.4. The van der Waals surface area contributed by atoms with Crippen molar-refractivity contribution < 1.29 is 36.2 Å². The lowest BCUT2D eigenvalue weighted by Gasteiger charge is -2.35. The van der Waals surface area contributed by atoms with Crippen LogP contribution in [0.15, 0.2) is 71.0 Å². The molecule has 3 aromatic rings. The lowest BCUT2D eigenvalue weighted by Crippen LogP contribution is -2.48. The number of rotatable bonds is 9. The van der Waals surface area contributed by atoms with Gasteiger partial charge in [-0.05, 0) is 63.4 Å². The Morgan fingerprint density at radius 3 is 2.49 bits per heavy atom.